The normalized spacial score (nSPS) is 30.0. The third-order valence-electron chi connectivity index (χ3n) is 17.1. The zero-order valence-electron chi connectivity index (χ0n) is 61.6. The van der Waals surface area contributed by atoms with E-state index < -0.39 is 196 Å². The number of carbonyl (C=O) groups is 10. The maximum atomic E-state index is 14.5. The van der Waals surface area contributed by atoms with Crippen molar-refractivity contribution in [2.75, 3.05) is 26.4 Å². The summed E-state index contributed by atoms with van der Waals surface area (Å²) in [6.45, 7) is 20.4. The summed E-state index contributed by atoms with van der Waals surface area (Å²) in [5, 5.41) is 0. The van der Waals surface area contributed by atoms with Gasteiger partial charge in [-0.1, -0.05) is 111 Å². The highest BCUT2D eigenvalue weighted by Crippen LogP contribution is 2.40. The Balaban J connectivity index is 2.11. The third kappa shape index (κ3) is 30.1. The van der Waals surface area contributed by atoms with Crippen molar-refractivity contribution in [2.24, 2.45) is 0 Å². The Morgan fingerprint density at radius 3 is 1.21 bits per heavy atom. The molecule has 0 amide bonds. The fourth-order valence-corrected chi connectivity index (χ4v) is 12.5. The van der Waals surface area contributed by atoms with E-state index in [1.54, 1.807) is 20.8 Å². The first-order valence-electron chi connectivity index (χ1n) is 36.1. The van der Waals surface area contributed by atoms with E-state index in [0.717, 1.165) is 112 Å². The molecule has 0 radical (unpaired) electrons. The Labute approximate surface area is 589 Å². The molecule has 574 valence electrons. The zero-order chi connectivity index (χ0) is 74.0. The Bertz CT molecular complexity index is 2510. The van der Waals surface area contributed by atoms with E-state index in [9.17, 15) is 47.9 Å². The number of hydrogen-bond donors (Lipinski definition) is 0. The number of rotatable bonds is 45. The summed E-state index contributed by atoms with van der Waals surface area (Å²) in [5.74, 6) is -7.17. The van der Waals surface area contributed by atoms with Crippen LogP contribution in [0.25, 0.3) is 0 Å². The summed E-state index contributed by atoms with van der Waals surface area (Å²) in [6, 6.07) is 0. The van der Waals surface area contributed by atoms with Gasteiger partial charge in [0.2, 0.25) is 0 Å². The molecule has 29 heteroatoms. The molecule has 0 aromatic carbocycles. The number of esters is 9. The molecule has 0 saturated carbocycles. The molecule has 4 aliphatic heterocycles. The molecule has 1 unspecified atom stereocenters. The number of ether oxygens (including phenoxy) is 19. The highest BCUT2D eigenvalue weighted by molar-refractivity contribution is 5.75. The minimum atomic E-state index is -1.98. The van der Waals surface area contributed by atoms with Gasteiger partial charge in [0.15, 0.2) is 86.2 Å². The summed E-state index contributed by atoms with van der Waals surface area (Å²) in [5.41, 5.74) is 0. The van der Waals surface area contributed by atoms with E-state index in [2.05, 4.69) is 6.92 Å². The van der Waals surface area contributed by atoms with E-state index >= 15 is 0 Å². The summed E-state index contributed by atoms with van der Waals surface area (Å²) >= 11 is 0. The minimum absolute atomic E-state index is 0.00952. The van der Waals surface area contributed by atoms with Gasteiger partial charge >= 0.3 is 53.7 Å². The molecule has 0 bridgehead atoms. The smallest absolute Gasteiger partial charge is 0.306 e. The largest absolute Gasteiger partial charge is 0.463 e. The van der Waals surface area contributed by atoms with Gasteiger partial charge in [-0.05, 0) is 59.3 Å². The summed E-state index contributed by atoms with van der Waals surface area (Å²) < 4.78 is 121. The van der Waals surface area contributed by atoms with Crippen molar-refractivity contribution in [1.29, 1.82) is 0 Å². The van der Waals surface area contributed by atoms with E-state index in [1.165, 1.54) is 20.8 Å². The second-order valence-corrected chi connectivity index (χ2v) is 26.1. The van der Waals surface area contributed by atoms with Gasteiger partial charge in [-0.15, -0.1) is 0 Å². The molecule has 4 heterocycles. The zero-order valence-corrected chi connectivity index (χ0v) is 61.6. The van der Waals surface area contributed by atoms with Crippen LogP contribution in [0.2, 0.25) is 0 Å². The van der Waals surface area contributed by atoms with Crippen molar-refractivity contribution < 1.29 is 138 Å². The Hall–Kier alpha value is -5.50. The first kappa shape index (κ1) is 86.9. The molecule has 4 saturated heterocycles. The van der Waals surface area contributed by atoms with E-state index in [-0.39, 0.29) is 31.8 Å². The number of ketones is 1. The quantitative estimate of drug-likeness (QED) is 0.0312. The minimum Gasteiger partial charge on any atom is -0.463 e. The van der Waals surface area contributed by atoms with Gasteiger partial charge in [-0.2, -0.15) is 0 Å². The first-order chi connectivity index (χ1) is 47.6. The third-order valence-corrected chi connectivity index (χ3v) is 17.1. The lowest BCUT2D eigenvalue weighted by molar-refractivity contribution is -0.400. The Morgan fingerprint density at radius 2 is 0.710 bits per heavy atom. The molecular formula is C71H116O29. The molecule has 21 atom stereocenters. The first-order valence-corrected chi connectivity index (χ1v) is 36.1. The average molecular weight is 1430 g/mol. The van der Waals surface area contributed by atoms with Gasteiger partial charge in [0.1, 0.15) is 36.8 Å². The van der Waals surface area contributed by atoms with Crippen LogP contribution < -0.4 is 0 Å². The van der Waals surface area contributed by atoms with Crippen LogP contribution in [0.4, 0.5) is 0 Å². The summed E-state index contributed by atoms with van der Waals surface area (Å²) in [6.07, 6.45) is -16.5. The monoisotopic (exact) mass is 1430 g/mol. The predicted molar refractivity (Wildman–Crippen MR) is 352 cm³/mol. The second kappa shape index (κ2) is 46.3. The maximum absolute atomic E-state index is 14.5. The molecule has 0 N–H and O–H groups in total. The Kier molecular flexibility index (Phi) is 40.2. The average Bonchev–Trinajstić information content (AvgIpc) is 0.769. The van der Waals surface area contributed by atoms with Crippen molar-refractivity contribution in [3.63, 3.8) is 0 Å². The van der Waals surface area contributed by atoms with Crippen LogP contribution in [0.3, 0.4) is 0 Å². The van der Waals surface area contributed by atoms with E-state index in [0.29, 0.717) is 51.4 Å². The van der Waals surface area contributed by atoms with Crippen molar-refractivity contribution in [1.82, 2.24) is 0 Å². The molecule has 4 rings (SSSR count). The summed E-state index contributed by atoms with van der Waals surface area (Å²) in [4.78, 5) is 131. The van der Waals surface area contributed by atoms with Crippen molar-refractivity contribution >= 4 is 59.5 Å². The molecule has 0 aliphatic carbocycles. The molecule has 100 heavy (non-hydrogen) atoms. The van der Waals surface area contributed by atoms with E-state index in [1.807, 2.05) is 13.8 Å². The van der Waals surface area contributed by atoms with Crippen LogP contribution in [0.1, 0.15) is 239 Å². The molecule has 4 fully saturated rings. The lowest BCUT2D eigenvalue weighted by atomic mass is 9.95. The molecule has 0 spiro atoms. The molecular weight excluding hydrogens is 1320 g/mol. The van der Waals surface area contributed by atoms with Crippen LogP contribution in [0, 0.1) is 0 Å². The fraction of sp³-hybridized carbons (Fsp3) is 0.859. The highest BCUT2D eigenvalue weighted by Gasteiger charge is 2.60. The maximum Gasteiger partial charge on any atom is 0.306 e. The number of carbonyl (C=O) groups excluding carboxylic acids is 10. The fourth-order valence-electron chi connectivity index (χ4n) is 12.5. The number of unbranched alkanes of at least 4 members (excludes halogenated alkanes) is 12. The van der Waals surface area contributed by atoms with E-state index in [4.69, 9.17) is 90.0 Å². The van der Waals surface area contributed by atoms with Gasteiger partial charge in [0.05, 0.1) is 24.9 Å². The van der Waals surface area contributed by atoms with Crippen LogP contribution in [0.5, 0.6) is 0 Å². The number of Topliss-reactive ketones (excluding diaryl/α,β-unsaturated/α-hetero) is 1. The van der Waals surface area contributed by atoms with Crippen molar-refractivity contribution in [3.8, 4) is 0 Å². The predicted octanol–water partition coefficient (Wildman–Crippen LogP) is 8.73. The van der Waals surface area contributed by atoms with Gasteiger partial charge in [0, 0.05) is 81.4 Å². The van der Waals surface area contributed by atoms with Gasteiger partial charge in [-0.3, -0.25) is 43.2 Å². The second-order valence-electron chi connectivity index (χ2n) is 26.1. The Morgan fingerprint density at radius 1 is 0.320 bits per heavy atom. The van der Waals surface area contributed by atoms with Crippen molar-refractivity contribution in [3.05, 3.63) is 0 Å². The van der Waals surface area contributed by atoms with Crippen molar-refractivity contribution in [2.45, 2.75) is 368 Å². The SMILES string of the molecule is CCCCCCCCCC(CCCCCCCC(C)=O)O[C@@H]1O[C@H](COC(C)=O)[C@@H](OC(C)=O)[C@H](OC(C)=O)[C@H]1O[C@@H]1O[C@H](CO[C@@H]2O[C@H](C)[C@H](OC(C)=O)[C@H](OC(C)=O)[C@@H]2OC(C)=O)[C@@H](OCCCC)[C@H](OC(=O)CCC)[C@H]1O[C@@H]1O[C@@H](C)[C@H](OC(C)=O)[C@@H](OCCCC)[C@@H]1OC(C)=O. The lowest BCUT2D eigenvalue weighted by Gasteiger charge is -2.51. The van der Waals surface area contributed by atoms with Gasteiger partial charge in [0.25, 0.3) is 0 Å². The molecule has 4 aliphatic rings. The number of hydrogen-bond acceptors (Lipinski definition) is 29. The van der Waals surface area contributed by atoms with Gasteiger partial charge < -0.3 is 94.8 Å². The highest BCUT2D eigenvalue weighted by atomic mass is 16.8. The van der Waals surface area contributed by atoms with Crippen LogP contribution in [-0.2, 0) is 138 Å². The molecule has 0 aromatic rings. The lowest BCUT2D eigenvalue weighted by Crippen LogP contribution is -2.69. The standard InChI is InChI=1S/C71H116O29/c1-16-20-23-24-25-28-31-35-52(36-32-29-26-27-30-34-41(5)72)95-70-67(63(92-49(13)78)59(90-47(11)76)54(97-70)39-84-44(8)73)100-71-66(99-69-64(93-50(14)79)60(83-38-22-18-3)56(42(6)87-69)88-45(9)74)62(98-55(81)33-19-4)58(82-37-21-17-2)53(96-71)40-85-68-65(94-51(15)80)61(91-48(12)77)57(43(7)86-68)89-46(10)75/h42-43,52-54,56-71H,16-40H2,1-15H3/t42-,43+,52?,53+,54+,56-,57-,58+,59+,60+,61-,62-,63-,64-,65-,66+,67+,68+,69-,70+,71-/m0/s1. The van der Waals surface area contributed by atoms with Gasteiger partial charge in [-0.25, -0.2) is 0 Å². The topological polar surface area (TPSA) is 346 Å². The van der Waals surface area contributed by atoms with Crippen LogP contribution >= 0.6 is 0 Å². The molecule has 29 nitrogen and oxygen atoms in total. The molecule has 0 aromatic heterocycles. The van der Waals surface area contributed by atoms with Crippen LogP contribution in [0.15, 0.2) is 0 Å². The van der Waals surface area contributed by atoms with Crippen LogP contribution in [-0.4, -0.2) is 215 Å². The summed E-state index contributed by atoms with van der Waals surface area (Å²) in [7, 11) is 0.